The predicted octanol–water partition coefficient (Wildman–Crippen LogP) is 4.44. The third kappa shape index (κ3) is 6.05. The van der Waals surface area contributed by atoms with Gasteiger partial charge < -0.3 is 5.32 Å². The van der Waals surface area contributed by atoms with Crippen molar-refractivity contribution in [1.29, 1.82) is 0 Å². The Labute approximate surface area is 186 Å². The standard InChI is InChI=1S/C21H20F6N2O3S/c22-20(23,24)16-6-4-14(5-7-16)13-28-19(30)15-8-10-29(11-9-15)33(31,32)18-3-1-2-17(12-18)21(25,26)27/h1-7,12,15H,8-11,13H2,(H,28,30). The maximum Gasteiger partial charge on any atom is 0.416 e. The number of sulfonamides is 1. The monoisotopic (exact) mass is 494 g/mol. The van der Waals surface area contributed by atoms with Crippen molar-refractivity contribution in [2.24, 2.45) is 5.92 Å². The Kier molecular flexibility index (Phi) is 7.08. The van der Waals surface area contributed by atoms with Crippen LogP contribution in [-0.4, -0.2) is 31.7 Å². The lowest BCUT2D eigenvalue weighted by atomic mass is 9.97. The molecular formula is C21H20F6N2O3S. The number of piperidine rings is 1. The molecule has 1 aliphatic rings. The smallest absolute Gasteiger partial charge is 0.352 e. The second-order valence-corrected chi connectivity index (χ2v) is 9.55. The van der Waals surface area contributed by atoms with Gasteiger partial charge in [-0.2, -0.15) is 30.6 Å². The van der Waals surface area contributed by atoms with E-state index in [-0.39, 0.29) is 38.4 Å². The summed E-state index contributed by atoms with van der Waals surface area (Å²) in [6.07, 6.45) is -8.80. The number of amides is 1. The van der Waals surface area contributed by atoms with Crippen molar-refractivity contribution < 1.29 is 39.6 Å². The number of carbonyl (C=O) groups is 1. The van der Waals surface area contributed by atoms with Gasteiger partial charge in [0.25, 0.3) is 0 Å². The van der Waals surface area contributed by atoms with E-state index < -0.39 is 44.3 Å². The summed E-state index contributed by atoms with van der Waals surface area (Å²) in [6, 6.07) is 7.83. The highest BCUT2D eigenvalue weighted by atomic mass is 32.2. The minimum Gasteiger partial charge on any atom is -0.352 e. The molecule has 5 nitrogen and oxygen atoms in total. The number of hydrogen-bond acceptors (Lipinski definition) is 3. The summed E-state index contributed by atoms with van der Waals surface area (Å²) in [5.74, 6) is -0.890. The van der Waals surface area contributed by atoms with E-state index >= 15 is 0 Å². The van der Waals surface area contributed by atoms with Crippen molar-refractivity contribution in [3.05, 3.63) is 65.2 Å². The van der Waals surface area contributed by atoms with E-state index in [0.29, 0.717) is 11.6 Å². The van der Waals surface area contributed by atoms with Crippen LogP contribution in [0.3, 0.4) is 0 Å². The molecule has 33 heavy (non-hydrogen) atoms. The lowest BCUT2D eigenvalue weighted by Gasteiger charge is -2.30. The highest BCUT2D eigenvalue weighted by Crippen LogP contribution is 2.32. The zero-order valence-corrected chi connectivity index (χ0v) is 17.9. The summed E-state index contributed by atoms with van der Waals surface area (Å²) in [5.41, 5.74) is -1.39. The van der Waals surface area contributed by atoms with Crippen LogP contribution in [0.15, 0.2) is 53.4 Å². The molecule has 1 N–H and O–H groups in total. The first-order valence-corrected chi connectivity index (χ1v) is 11.3. The van der Waals surface area contributed by atoms with Crippen molar-refractivity contribution in [2.75, 3.05) is 13.1 Å². The number of carbonyl (C=O) groups excluding carboxylic acids is 1. The molecule has 0 saturated carbocycles. The van der Waals surface area contributed by atoms with Crippen molar-refractivity contribution in [3.8, 4) is 0 Å². The first-order chi connectivity index (χ1) is 15.3. The molecule has 12 heteroatoms. The van der Waals surface area contributed by atoms with Crippen LogP contribution in [0.4, 0.5) is 26.3 Å². The van der Waals surface area contributed by atoms with Crippen LogP contribution in [0.25, 0.3) is 0 Å². The lowest BCUT2D eigenvalue weighted by Crippen LogP contribution is -2.42. The normalized spacial score (nSPS) is 16.5. The van der Waals surface area contributed by atoms with Gasteiger partial charge in [0.15, 0.2) is 0 Å². The Bertz CT molecular complexity index is 1090. The number of benzene rings is 2. The van der Waals surface area contributed by atoms with Crippen LogP contribution in [0.1, 0.15) is 29.5 Å². The van der Waals surface area contributed by atoms with E-state index in [4.69, 9.17) is 0 Å². The molecule has 0 spiro atoms. The molecule has 1 aliphatic heterocycles. The van der Waals surface area contributed by atoms with Gasteiger partial charge >= 0.3 is 12.4 Å². The Morgan fingerprint density at radius 2 is 1.48 bits per heavy atom. The van der Waals surface area contributed by atoms with Crippen LogP contribution in [-0.2, 0) is 33.7 Å². The van der Waals surface area contributed by atoms with Crippen LogP contribution in [0, 0.1) is 5.92 Å². The van der Waals surface area contributed by atoms with Crippen LogP contribution in [0.5, 0.6) is 0 Å². The number of alkyl halides is 6. The topological polar surface area (TPSA) is 66.5 Å². The molecule has 0 unspecified atom stereocenters. The molecule has 0 aliphatic carbocycles. The third-order valence-corrected chi connectivity index (χ3v) is 7.27. The third-order valence-electron chi connectivity index (χ3n) is 5.37. The van der Waals surface area contributed by atoms with Crippen molar-refractivity contribution >= 4 is 15.9 Å². The fraction of sp³-hybridized carbons (Fsp3) is 0.381. The van der Waals surface area contributed by atoms with Crippen LogP contribution < -0.4 is 5.32 Å². The van der Waals surface area contributed by atoms with Crippen LogP contribution >= 0.6 is 0 Å². The largest absolute Gasteiger partial charge is 0.416 e. The van der Waals surface area contributed by atoms with Gasteiger partial charge in [0.2, 0.25) is 15.9 Å². The number of nitrogens with zero attached hydrogens (tertiary/aromatic N) is 1. The molecule has 0 aromatic heterocycles. The van der Waals surface area contributed by atoms with E-state index in [1.165, 1.54) is 12.1 Å². The maximum atomic E-state index is 12.9. The van der Waals surface area contributed by atoms with Gasteiger partial charge in [-0.25, -0.2) is 8.42 Å². The number of halogens is 6. The van der Waals surface area contributed by atoms with E-state index in [2.05, 4.69) is 5.32 Å². The highest BCUT2D eigenvalue weighted by Gasteiger charge is 2.35. The molecule has 0 bridgehead atoms. The predicted molar refractivity (Wildman–Crippen MR) is 106 cm³/mol. The average Bonchev–Trinajstić information content (AvgIpc) is 2.77. The van der Waals surface area contributed by atoms with Gasteiger partial charge in [0.1, 0.15) is 0 Å². The molecule has 2 aromatic carbocycles. The number of rotatable bonds is 5. The SMILES string of the molecule is O=C(NCc1ccc(C(F)(F)F)cc1)C1CCN(S(=O)(=O)c2cccc(C(F)(F)F)c2)CC1. The van der Waals surface area contributed by atoms with Gasteiger partial charge in [-0.15, -0.1) is 0 Å². The van der Waals surface area contributed by atoms with Crippen LogP contribution in [0.2, 0.25) is 0 Å². The molecule has 2 aromatic rings. The second-order valence-electron chi connectivity index (χ2n) is 7.62. The summed E-state index contributed by atoms with van der Waals surface area (Å²) < 4.78 is 103. The summed E-state index contributed by atoms with van der Waals surface area (Å²) >= 11 is 0. The quantitative estimate of drug-likeness (QED) is 0.625. The molecule has 0 radical (unpaired) electrons. The van der Waals surface area contributed by atoms with Gasteiger partial charge in [-0.3, -0.25) is 4.79 Å². The van der Waals surface area contributed by atoms with E-state index in [1.54, 1.807) is 0 Å². The zero-order chi connectivity index (χ0) is 24.4. The minimum atomic E-state index is -4.68. The zero-order valence-electron chi connectivity index (χ0n) is 17.1. The molecule has 1 heterocycles. The van der Waals surface area contributed by atoms with Gasteiger partial charge in [0.05, 0.1) is 16.0 Å². The van der Waals surface area contributed by atoms with E-state index in [9.17, 15) is 39.6 Å². The van der Waals surface area contributed by atoms with E-state index in [0.717, 1.165) is 34.6 Å². The van der Waals surface area contributed by atoms with Crippen molar-refractivity contribution in [1.82, 2.24) is 9.62 Å². The molecule has 1 saturated heterocycles. The fourth-order valence-electron chi connectivity index (χ4n) is 3.49. The van der Waals surface area contributed by atoms with Crippen molar-refractivity contribution in [3.63, 3.8) is 0 Å². The number of hydrogen-bond donors (Lipinski definition) is 1. The molecule has 3 rings (SSSR count). The Morgan fingerprint density at radius 3 is 2.03 bits per heavy atom. The van der Waals surface area contributed by atoms with Gasteiger partial charge in [-0.05, 0) is 48.7 Å². The van der Waals surface area contributed by atoms with Crippen molar-refractivity contribution in [2.45, 2.75) is 36.6 Å². The Morgan fingerprint density at radius 1 is 0.909 bits per heavy atom. The molecule has 1 amide bonds. The summed E-state index contributed by atoms with van der Waals surface area (Å²) in [4.78, 5) is 11.9. The summed E-state index contributed by atoms with van der Waals surface area (Å²) in [7, 11) is -4.16. The summed E-state index contributed by atoms with van der Waals surface area (Å²) in [6.45, 7) is -0.0758. The first-order valence-electron chi connectivity index (χ1n) is 9.90. The fourth-order valence-corrected chi connectivity index (χ4v) is 5.00. The van der Waals surface area contributed by atoms with Gasteiger partial charge in [0, 0.05) is 25.6 Å². The van der Waals surface area contributed by atoms with E-state index in [1.807, 2.05) is 0 Å². The molecule has 1 fully saturated rings. The molecule has 0 atom stereocenters. The minimum absolute atomic E-state index is 0.0136. The molecular weight excluding hydrogens is 474 g/mol. The second kappa shape index (κ2) is 9.34. The number of nitrogens with one attached hydrogen (secondary N) is 1. The van der Waals surface area contributed by atoms with Gasteiger partial charge in [-0.1, -0.05) is 18.2 Å². The maximum absolute atomic E-state index is 12.9. The summed E-state index contributed by atoms with van der Waals surface area (Å²) in [5, 5.41) is 2.62. The first kappa shape index (κ1) is 25.0. The highest BCUT2D eigenvalue weighted by molar-refractivity contribution is 7.89. The molecule has 180 valence electrons. The average molecular weight is 494 g/mol. The lowest BCUT2D eigenvalue weighted by molar-refractivity contribution is -0.138. The Hall–Kier alpha value is -2.60. The Balaban J connectivity index is 1.56.